The van der Waals surface area contributed by atoms with Crippen molar-refractivity contribution in [3.05, 3.63) is 30.0 Å². The third-order valence-electron chi connectivity index (χ3n) is 3.73. The Balaban J connectivity index is 2.62. The predicted molar refractivity (Wildman–Crippen MR) is 82.8 cm³/mol. The van der Waals surface area contributed by atoms with Gasteiger partial charge in [-0.25, -0.2) is 4.79 Å². The molecule has 1 heterocycles. The lowest BCUT2D eigenvalue weighted by Gasteiger charge is -2.19. The van der Waals surface area contributed by atoms with E-state index in [1.807, 2.05) is 32.0 Å². The fraction of sp³-hybridized carbons (Fsp3) is 0.438. The van der Waals surface area contributed by atoms with Crippen molar-refractivity contribution < 1.29 is 14.6 Å². The second-order valence-corrected chi connectivity index (χ2v) is 4.97. The van der Waals surface area contributed by atoms with Gasteiger partial charge in [0.25, 0.3) is 0 Å². The van der Waals surface area contributed by atoms with Gasteiger partial charge in [-0.15, -0.1) is 0 Å². The maximum atomic E-state index is 12.6. The minimum absolute atomic E-state index is 0.0814. The molecule has 1 aromatic carbocycles. The van der Waals surface area contributed by atoms with Gasteiger partial charge in [-0.1, -0.05) is 0 Å². The predicted octanol–water partition coefficient (Wildman–Crippen LogP) is 3.01. The Labute approximate surface area is 124 Å². The first-order valence-electron chi connectivity index (χ1n) is 7.19. The summed E-state index contributed by atoms with van der Waals surface area (Å²) in [6.07, 6.45) is 1.07. The first-order chi connectivity index (χ1) is 10.0. The van der Waals surface area contributed by atoms with Crippen molar-refractivity contribution in [2.45, 2.75) is 26.9 Å². The molecular weight excluding hydrogens is 268 g/mol. The molecule has 0 radical (unpaired) electrons. The van der Waals surface area contributed by atoms with Crippen molar-refractivity contribution in [1.82, 2.24) is 9.47 Å². The molecule has 1 aromatic heterocycles. The van der Waals surface area contributed by atoms with Gasteiger partial charge in [-0.3, -0.25) is 4.57 Å². The van der Waals surface area contributed by atoms with E-state index in [4.69, 9.17) is 4.74 Å². The lowest BCUT2D eigenvalue weighted by molar-refractivity contribution is 0.199. The van der Waals surface area contributed by atoms with E-state index in [0.717, 1.165) is 16.5 Å². The summed E-state index contributed by atoms with van der Waals surface area (Å²) >= 11 is 0. The number of hydrogen-bond donors (Lipinski definition) is 1. The molecule has 1 unspecified atom stereocenters. The number of rotatable bonds is 4. The van der Waals surface area contributed by atoms with E-state index in [-0.39, 0.29) is 6.03 Å². The summed E-state index contributed by atoms with van der Waals surface area (Å²) in [6, 6.07) is 5.44. The number of aromatic nitrogens is 1. The molecule has 1 atom stereocenters. The summed E-state index contributed by atoms with van der Waals surface area (Å²) in [5, 5.41) is 10.8. The number of aliphatic hydroxyl groups excluding tert-OH is 1. The summed E-state index contributed by atoms with van der Waals surface area (Å²) in [7, 11) is 1.60. The highest BCUT2D eigenvalue weighted by Gasteiger charge is 2.19. The highest BCUT2D eigenvalue weighted by Crippen LogP contribution is 2.30. The van der Waals surface area contributed by atoms with Crippen LogP contribution in [0, 0.1) is 0 Å². The van der Waals surface area contributed by atoms with E-state index in [1.54, 1.807) is 29.7 Å². The maximum absolute atomic E-state index is 12.6. The van der Waals surface area contributed by atoms with Gasteiger partial charge in [0.15, 0.2) is 0 Å². The van der Waals surface area contributed by atoms with Crippen LogP contribution in [0.15, 0.2) is 24.4 Å². The van der Waals surface area contributed by atoms with E-state index >= 15 is 0 Å². The maximum Gasteiger partial charge on any atom is 0.328 e. The molecule has 2 rings (SSSR count). The number of nitrogens with zero attached hydrogens (tertiary/aromatic N) is 2. The molecule has 1 amide bonds. The number of amides is 1. The summed E-state index contributed by atoms with van der Waals surface area (Å²) in [6.45, 7) is 6.89. The number of methoxy groups -OCH3 is 1. The Morgan fingerprint density at radius 1 is 1.38 bits per heavy atom. The van der Waals surface area contributed by atoms with Crippen molar-refractivity contribution >= 4 is 16.9 Å². The van der Waals surface area contributed by atoms with Gasteiger partial charge in [-0.05, 0) is 39.0 Å². The lowest BCUT2D eigenvalue weighted by atomic mass is 10.1. The van der Waals surface area contributed by atoms with E-state index < -0.39 is 6.10 Å². The molecule has 5 nitrogen and oxygen atoms in total. The normalized spacial score (nSPS) is 12.4. The number of carbonyl (C=O) groups excluding carboxylic acids is 1. The van der Waals surface area contributed by atoms with E-state index in [0.29, 0.717) is 18.8 Å². The highest BCUT2D eigenvalue weighted by molar-refractivity contribution is 5.94. The molecule has 21 heavy (non-hydrogen) atoms. The number of hydrogen-bond acceptors (Lipinski definition) is 3. The second kappa shape index (κ2) is 6.18. The first-order valence-corrected chi connectivity index (χ1v) is 7.19. The van der Waals surface area contributed by atoms with Crippen LogP contribution in [0.1, 0.15) is 32.4 Å². The van der Waals surface area contributed by atoms with E-state index in [9.17, 15) is 9.90 Å². The largest absolute Gasteiger partial charge is 0.497 e. The number of aliphatic hydroxyl groups is 1. The average molecular weight is 290 g/mol. The first kappa shape index (κ1) is 15.4. The van der Waals surface area contributed by atoms with Gasteiger partial charge in [0.1, 0.15) is 5.75 Å². The SMILES string of the molecule is CCN(CC)C(=O)n1cc(C(C)O)c2cc(OC)ccc21. The second-order valence-electron chi connectivity index (χ2n) is 4.97. The summed E-state index contributed by atoms with van der Waals surface area (Å²) < 4.78 is 6.83. The lowest BCUT2D eigenvalue weighted by Crippen LogP contribution is -2.33. The van der Waals surface area contributed by atoms with Crippen LogP contribution in [-0.4, -0.2) is 40.8 Å². The van der Waals surface area contributed by atoms with E-state index in [1.165, 1.54) is 0 Å². The van der Waals surface area contributed by atoms with Gasteiger partial charge < -0.3 is 14.7 Å². The van der Waals surface area contributed by atoms with Crippen molar-refractivity contribution in [1.29, 1.82) is 0 Å². The number of fused-ring (bicyclic) bond motifs is 1. The van der Waals surface area contributed by atoms with E-state index in [2.05, 4.69) is 0 Å². The van der Waals surface area contributed by atoms with Crippen molar-refractivity contribution in [2.24, 2.45) is 0 Å². The fourth-order valence-corrected chi connectivity index (χ4v) is 2.50. The van der Waals surface area contributed by atoms with Crippen LogP contribution in [0.4, 0.5) is 4.79 Å². The standard InChI is InChI=1S/C16H22N2O3/c1-5-17(6-2)16(20)18-10-14(11(3)19)13-9-12(21-4)7-8-15(13)18/h7-11,19H,5-6H2,1-4H3. The molecule has 0 fully saturated rings. The minimum atomic E-state index is -0.648. The summed E-state index contributed by atoms with van der Waals surface area (Å²) in [5.41, 5.74) is 1.51. The Bertz CT molecular complexity index is 642. The van der Waals surface area contributed by atoms with Crippen LogP contribution in [-0.2, 0) is 0 Å². The fourth-order valence-electron chi connectivity index (χ4n) is 2.50. The Hall–Kier alpha value is -2.01. The van der Waals surface area contributed by atoms with Crippen LogP contribution < -0.4 is 4.74 Å². The molecule has 0 aliphatic carbocycles. The molecule has 114 valence electrons. The molecule has 0 aliphatic rings. The van der Waals surface area contributed by atoms with Crippen LogP contribution in [0.5, 0.6) is 5.75 Å². The molecular formula is C16H22N2O3. The van der Waals surface area contributed by atoms with Crippen LogP contribution in [0.3, 0.4) is 0 Å². The minimum Gasteiger partial charge on any atom is -0.497 e. The molecule has 0 bridgehead atoms. The zero-order valence-electron chi connectivity index (χ0n) is 13.0. The quantitative estimate of drug-likeness (QED) is 0.941. The highest BCUT2D eigenvalue weighted by atomic mass is 16.5. The molecule has 5 heteroatoms. The average Bonchev–Trinajstić information content (AvgIpc) is 2.87. The molecule has 0 saturated heterocycles. The summed E-state index contributed by atoms with van der Waals surface area (Å²) in [4.78, 5) is 14.3. The van der Waals surface area contributed by atoms with Crippen LogP contribution >= 0.6 is 0 Å². The Kier molecular flexibility index (Phi) is 4.53. The van der Waals surface area contributed by atoms with Gasteiger partial charge in [0.05, 0.1) is 18.7 Å². The molecule has 2 aromatic rings. The Morgan fingerprint density at radius 2 is 2.05 bits per heavy atom. The number of ether oxygens (including phenoxy) is 1. The number of carbonyl (C=O) groups is 1. The van der Waals surface area contributed by atoms with Gasteiger partial charge in [0, 0.05) is 30.2 Å². The van der Waals surface area contributed by atoms with Crippen molar-refractivity contribution in [3.63, 3.8) is 0 Å². The van der Waals surface area contributed by atoms with Crippen molar-refractivity contribution in [2.75, 3.05) is 20.2 Å². The molecule has 0 saturated carbocycles. The van der Waals surface area contributed by atoms with Gasteiger partial charge in [0.2, 0.25) is 0 Å². The zero-order valence-corrected chi connectivity index (χ0v) is 13.0. The number of benzene rings is 1. The molecule has 0 aliphatic heterocycles. The van der Waals surface area contributed by atoms with Crippen molar-refractivity contribution in [3.8, 4) is 5.75 Å². The molecule has 0 spiro atoms. The smallest absolute Gasteiger partial charge is 0.328 e. The zero-order chi connectivity index (χ0) is 15.6. The third kappa shape index (κ3) is 2.74. The van der Waals surface area contributed by atoms with Gasteiger partial charge in [-0.2, -0.15) is 0 Å². The molecule has 1 N–H and O–H groups in total. The van der Waals surface area contributed by atoms with Crippen LogP contribution in [0.25, 0.3) is 10.9 Å². The Morgan fingerprint density at radius 3 is 2.57 bits per heavy atom. The van der Waals surface area contributed by atoms with Gasteiger partial charge >= 0.3 is 6.03 Å². The monoisotopic (exact) mass is 290 g/mol. The summed E-state index contributed by atoms with van der Waals surface area (Å²) in [5.74, 6) is 0.706. The topological polar surface area (TPSA) is 54.7 Å². The third-order valence-corrected chi connectivity index (χ3v) is 3.73. The van der Waals surface area contributed by atoms with Crippen LogP contribution in [0.2, 0.25) is 0 Å².